The van der Waals surface area contributed by atoms with E-state index in [9.17, 15) is 14.9 Å². The number of carbonyl (C=O) groups excluding carboxylic acids is 1. The molecule has 142 valence electrons. The third-order valence-electron chi connectivity index (χ3n) is 4.57. The number of nitro groups is 1. The van der Waals surface area contributed by atoms with E-state index in [4.69, 9.17) is 4.98 Å². The second-order valence-electron chi connectivity index (χ2n) is 6.64. The van der Waals surface area contributed by atoms with Gasteiger partial charge in [-0.25, -0.2) is 4.98 Å². The van der Waals surface area contributed by atoms with E-state index in [0.29, 0.717) is 16.6 Å². The number of fused-ring (bicyclic) bond motifs is 1. The van der Waals surface area contributed by atoms with E-state index in [0.717, 1.165) is 22.4 Å². The molecular weight excluding hydrogens is 366 g/mol. The van der Waals surface area contributed by atoms with Crippen LogP contribution in [-0.4, -0.2) is 15.8 Å². The van der Waals surface area contributed by atoms with Gasteiger partial charge in [0.15, 0.2) is 0 Å². The monoisotopic (exact) mass is 383 g/mol. The van der Waals surface area contributed by atoms with Crippen LogP contribution in [-0.2, 0) is 4.79 Å². The SMILES string of the molecule is CC(=O)Nc1cccc(-c2cc(-c3ccccc3)c3cc([N+](=O)[O-])ccc3n2)c1. The van der Waals surface area contributed by atoms with Gasteiger partial charge in [-0.2, -0.15) is 0 Å². The van der Waals surface area contributed by atoms with Gasteiger partial charge in [0.1, 0.15) is 0 Å². The lowest BCUT2D eigenvalue weighted by Crippen LogP contribution is -2.05. The average Bonchev–Trinajstić information content (AvgIpc) is 2.73. The van der Waals surface area contributed by atoms with E-state index in [2.05, 4.69) is 5.32 Å². The number of nitrogens with one attached hydrogen (secondary N) is 1. The van der Waals surface area contributed by atoms with E-state index in [1.165, 1.54) is 13.0 Å². The first-order chi connectivity index (χ1) is 14.0. The van der Waals surface area contributed by atoms with Crippen molar-refractivity contribution in [1.29, 1.82) is 0 Å². The second kappa shape index (κ2) is 7.52. The molecular formula is C23H17N3O3. The minimum absolute atomic E-state index is 0.0249. The molecule has 1 amide bonds. The predicted molar refractivity (Wildman–Crippen MR) is 114 cm³/mol. The summed E-state index contributed by atoms with van der Waals surface area (Å²) in [5.41, 5.74) is 4.74. The summed E-state index contributed by atoms with van der Waals surface area (Å²) in [6.07, 6.45) is 0. The number of amides is 1. The number of nitrogens with zero attached hydrogens (tertiary/aromatic N) is 2. The molecule has 6 heteroatoms. The van der Waals surface area contributed by atoms with E-state index in [1.54, 1.807) is 12.1 Å². The summed E-state index contributed by atoms with van der Waals surface area (Å²) in [6, 6.07) is 23.8. The predicted octanol–water partition coefficient (Wildman–Crippen LogP) is 5.44. The third-order valence-corrected chi connectivity index (χ3v) is 4.57. The maximum Gasteiger partial charge on any atom is 0.270 e. The standard InChI is InChI=1S/C23H17N3O3/c1-15(27)24-18-9-5-8-17(12-18)23-14-20(16-6-3-2-4-7-16)21-13-19(26(28)29)10-11-22(21)25-23/h2-14H,1H3,(H,24,27). The highest BCUT2D eigenvalue weighted by atomic mass is 16.6. The molecule has 1 aromatic heterocycles. The number of pyridine rings is 1. The molecule has 0 aliphatic carbocycles. The first-order valence-electron chi connectivity index (χ1n) is 9.04. The van der Waals surface area contributed by atoms with Crippen LogP contribution in [0.25, 0.3) is 33.3 Å². The van der Waals surface area contributed by atoms with E-state index in [1.807, 2.05) is 60.7 Å². The molecule has 4 aromatic rings. The lowest BCUT2D eigenvalue weighted by molar-refractivity contribution is -0.384. The smallest absolute Gasteiger partial charge is 0.270 e. The lowest BCUT2D eigenvalue weighted by atomic mass is 9.98. The topological polar surface area (TPSA) is 85.1 Å². The van der Waals surface area contributed by atoms with Crippen LogP contribution < -0.4 is 5.32 Å². The Balaban J connectivity index is 1.94. The van der Waals surface area contributed by atoms with Gasteiger partial charge in [-0.15, -0.1) is 0 Å². The average molecular weight is 383 g/mol. The van der Waals surface area contributed by atoms with Crippen LogP contribution in [0.5, 0.6) is 0 Å². The zero-order valence-corrected chi connectivity index (χ0v) is 15.6. The number of benzene rings is 3. The molecule has 6 nitrogen and oxygen atoms in total. The minimum atomic E-state index is -0.404. The van der Waals surface area contributed by atoms with Crippen LogP contribution in [0.2, 0.25) is 0 Å². The fourth-order valence-corrected chi connectivity index (χ4v) is 3.29. The fraction of sp³-hybridized carbons (Fsp3) is 0.0435. The molecule has 0 spiro atoms. The summed E-state index contributed by atoms with van der Waals surface area (Å²) in [7, 11) is 0. The maximum atomic E-state index is 11.4. The second-order valence-corrected chi connectivity index (χ2v) is 6.64. The number of carbonyl (C=O) groups is 1. The Morgan fingerprint density at radius 1 is 0.931 bits per heavy atom. The number of nitro benzene ring substituents is 1. The molecule has 0 fully saturated rings. The normalized spacial score (nSPS) is 10.7. The number of aromatic nitrogens is 1. The molecule has 29 heavy (non-hydrogen) atoms. The molecule has 0 aliphatic heterocycles. The summed E-state index contributed by atoms with van der Waals surface area (Å²) >= 11 is 0. The van der Waals surface area contributed by atoms with Gasteiger partial charge in [-0.05, 0) is 35.4 Å². The van der Waals surface area contributed by atoms with E-state index >= 15 is 0 Å². The largest absolute Gasteiger partial charge is 0.326 e. The first-order valence-corrected chi connectivity index (χ1v) is 9.04. The molecule has 0 unspecified atom stereocenters. The van der Waals surface area contributed by atoms with E-state index < -0.39 is 4.92 Å². The Bertz CT molecular complexity index is 1240. The fourth-order valence-electron chi connectivity index (χ4n) is 3.29. The summed E-state index contributed by atoms with van der Waals surface area (Å²) in [5, 5.41) is 14.7. The molecule has 1 heterocycles. The van der Waals surface area contributed by atoms with Crippen LogP contribution in [0.4, 0.5) is 11.4 Å². The molecule has 0 saturated heterocycles. The number of hydrogen-bond acceptors (Lipinski definition) is 4. The van der Waals surface area contributed by atoms with Crippen LogP contribution in [0.3, 0.4) is 0 Å². The van der Waals surface area contributed by atoms with Crippen molar-refractivity contribution in [3.8, 4) is 22.4 Å². The van der Waals surface area contributed by atoms with Gasteiger partial charge >= 0.3 is 0 Å². The third kappa shape index (κ3) is 3.82. The minimum Gasteiger partial charge on any atom is -0.326 e. The van der Waals surface area contributed by atoms with Crippen molar-refractivity contribution in [3.63, 3.8) is 0 Å². The molecule has 4 rings (SSSR count). The first kappa shape index (κ1) is 18.3. The molecule has 3 aromatic carbocycles. The zero-order valence-electron chi connectivity index (χ0n) is 15.6. The Labute approximate surface area is 167 Å². The van der Waals surface area contributed by atoms with Crippen LogP contribution >= 0.6 is 0 Å². The Morgan fingerprint density at radius 2 is 1.69 bits per heavy atom. The Hall–Kier alpha value is -4.06. The van der Waals surface area contributed by atoms with Gasteiger partial charge in [0.2, 0.25) is 5.91 Å². The van der Waals surface area contributed by atoms with Gasteiger partial charge in [0.05, 0.1) is 16.1 Å². The van der Waals surface area contributed by atoms with Crippen molar-refractivity contribution in [1.82, 2.24) is 4.98 Å². The summed E-state index contributed by atoms with van der Waals surface area (Å²) in [4.78, 5) is 27.0. The summed E-state index contributed by atoms with van der Waals surface area (Å²) < 4.78 is 0. The number of hydrogen-bond donors (Lipinski definition) is 1. The van der Waals surface area contributed by atoms with E-state index in [-0.39, 0.29) is 11.6 Å². The number of non-ortho nitro benzene ring substituents is 1. The summed E-state index contributed by atoms with van der Waals surface area (Å²) in [5.74, 6) is -0.147. The highest BCUT2D eigenvalue weighted by Gasteiger charge is 2.14. The van der Waals surface area contributed by atoms with Crippen molar-refractivity contribution < 1.29 is 9.72 Å². The van der Waals surface area contributed by atoms with Crippen molar-refractivity contribution in [3.05, 3.63) is 89.0 Å². The molecule has 0 radical (unpaired) electrons. The van der Waals surface area contributed by atoms with Crippen molar-refractivity contribution in [2.45, 2.75) is 6.92 Å². The molecule has 1 N–H and O–H groups in total. The van der Waals surface area contributed by atoms with Gasteiger partial charge in [0, 0.05) is 35.7 Å². The molecule has 0 aliphatic rings. The van der Waals surface area contributed by atoms with Gasteiger partial charge in [-0.1, -0.05) is 42.5 Å². The van der Waals surface area contributed by atoms with Crippen molar-refractivity contribution in [2.24, 2.45) is 0 Å². The van der Waals surface area contributed by atoms with Gasteiger partial charge in [0.25, 0.3) is 5.69 Å². The molecule has 0 saturated carbocycles. The summed E-state index contributed by atoms with van der Waals surface area (Å²) in [6.45, 7) is 1.46. The zero-order chi connectivity index (χ0) is 20.4. The number of rotatable bonds is 4. The highest BCUT2D eigenvalue weighted by Crippen LogP contribution is 2.34. The quantitative estimate of drug-likeness (QED) is 0.376. The van der Waals surface area contributed by atoms with Gasteiger partial charge < -0.3 is 5.32 Å². The lowest BCUT2D eigenvalue weighted by Gasteiger charge is -2.11. The van der Waals surface area contributed by atoms with Crippen LogP contribution in [0.15, 0.2) is 78.9 Å². The Kier molecular flexibility index (Phi) is 4.75. The van der Waals surface area contributed by atoms with Crippen molar-refractivity contribution in [2.75, 3.05) is 5.32 Å². The highest BCUT2D eigenvalue weighted by molar-refractivity contribution is 5.98. The van der Waals surface area contributed by atoms with Crippen LogP contribution in [0, 0.1) is 10.1 Å². The number of anilines is 1. The van der Waals surface area contributed by atoms with Crippen molar-refractivity contribution >= 4 is 28.2 Å². The maximum absolute atomic E-state index is 11.4. The Morgan fingerprint density at radius 3 is 2.41 bits per heavy atom. The molecule has 0 atom stereocenters. The molecule has 0 bridgehead atoms. The van der Waals surface area contributed by atoms with Crippen LogP contribution in [0.1, 0.15) is 6.92 Å². The van der Waals surface area contributed by atoms with Gasteiger partial charge in [-0.3, -0.25) is 14.9 Å².